The molecule has 2 aliphatic heterocycles. The van der Waals surface area contributed by atoms with E-state index in [1.54, 1.807) is 0 Å². The van der Waals surface area contributed by atoms with Crippen LogP contribution in [-0.4, -0.2) is 97.9 Å². The van der Waals surface area contributed by atoms with Gasteiger partial charge in [0.05, 0.1) is 18.6 Å². The van der Waals surface area contributed by atoms with Gasteiger partial charge in [-0.15, -0.1) is 0 Å². The highest BCUT2D eigenvalue weighted by molar-refractivity contribution is 6.01. The average molecular weight is 730 g/mol. The number of aliphatic hydroxyl groups is 1. The fourth-order valence-electron chi connectivity index (χ4n) is 11.6. The highest BCUT2D eigenvalue weighted by atomic mass is 16.7. The van der Waals surface area contributed by atoms with E-state index in [0.29, 0.717) is 18.8 Å². The number of aliphatic hydroxyl groups excluding tert-OH is 1. The summed E-state index contributed by atoms with van der Waals surface area (Å²) in [6, 6.07) is 0. The topological polar surface area (TPSA) is 200 Å². The van der Waals surface area contributed by atoms with Gasteiger partial charge in [0, 0.05) is 24.8 Å². The molecule has 2 heterocycles. The third-order valence-electron chi connectivity index (χ3n) is 14.0. The number of hydrogen-bond acceptors (Lipinski definition) is 9. The molecule has 0 aromatic carbocycles. The number of amides is 1. The molecule has 10 atom stereocenters. The van der Waals surface area contributed by atoms with E-state index in [4.69, 9.17) is 19.3 Å². The molecule has 0 radical (unpaired) electrons. The van der Waals surface area contributed by atoms with E-state index >= 15 is 0 Å². The largest absolute Gasteiger partial charge is 0.481 e. The van der Waals surface area contributed by atoms with E-state index in [9.17, 15) is 39.3 Å². The highest BCUT2D eigenvalue weighted by Crippen LogP contribution is 2.72. The van der Waals surface area contributed by atoms with Gasteiger partial charge >= 0.3 is 23.9 Å². The van der Waals surface area contributed by atoms with Gasteiger partial charge in [-0.3, -0.25) is 19.2 Å². The van der Waals surface area contributed by atoms with E-state index < -0.39 is 83.1 Å². The third kappa shape index (κ3) is 5.98. The number of carboxylic acid groups (broad SMARTS) is 3. The van der Waals surface area contributed by atoms with Crippen molar-refractivity contribution in [3.05, 3.63) is 23.8 Å². The van der Waals surface area contributed by atoms with Gasteiger partial charge in [0.1, 0.15) is 17.6 Å². The van der Waals surface area contributed by atoms with E-state index in [1.807, 2.05) is 13.8 Å². The Morgan fingerprint density at radius 1 is 1.00 bits per heavy atom. The Balaban J connectivity index is 1.32. The second-order valence-corrected chi connectivity index (χ2v) is 17.8. The van der Waals surface area contributed by atoms with Crippen molar-refractivity contribution in [3.8, 4) is 0 Å². The maximum absolute atomic E-state index is 14.4. The summed E-state index contributed by atoms with van der Waals surface area (Å²) in [4.78, 5) is 65.2. The Bertz CT molecular complexity index is 1570. The Kier molecular flexibility index (Phi) is 9.78. The molecule has 3 saturated carbocycles. The molecule has 288 valence electrons. The molecule has 4 N–H and O–H groups in total. The van der Waals surface area contributed by atoms with Gasteiger partial charge in [-0.1, -0.05) is 53.2 Å². The van der Waals surface area contributed by atoms with Crippen molar-refractivity contribution in [3.63, 3.8) is 0 Å². The van der Waals surface area contributed by atoms with Crippen LogP contribution < -0.4 is 0 Å². The van der Waals surface area contributed by atoms with Gasteiger partial charge in [-0.2, -0.15) is 0 Å². The molecule has 2 spiro atoms. The van der Waals surface area contributed by atoms with Crippen molar-refractivity contribution in [2.75, 3.05) is 13.2 Å². The van der Waals surface area contributed by atoms with Crippen LogP contribution in [0.2, 0.25) is 0 Å². The van der Waals surface area contributed by atoms with Gasteiger partial charge in [-0.25, -0.2) is 4.79 Å². The lowest BCUT2D eigenvalue weighted by Crippen LogP contribution is -2.57. The van der Waals surface area contributed by atoms with Crippen molar-refractivity contribution in [2.45, 2.75) is 135 Å². The van der Waals surface area contributed by atoms with Crippen LogP contribution in [0.3, 0.4) is 0 Å². The molecule has 0 bridgehead atoms. The SMILES string of the molecule is C=C1CCC2C(C)(C)CCCC2(C)C1COC(C(=O)OC1C=C2C(=O)N(CCCC(=O)O)C(O)C23OC32CCCC(C)(C)C12)C(CC(=O)O)C(=O)O. The number of esters is 1. The normalized spacial score (nSPS) is 38.1. The minimum absolute atomic E-state index is 0.0157. The van der Waals surface area contributed by atoms with Crippen molar-refractivity contribution in [2.24, 2.45) is 39.9 Å². The summed E-state index contributed by atoms with van der Waals surface area (Å²) in [5.41, 5.74) is -2.01. The minimum atomic E-state index is -1.77. The van der Waals surface area contributed by atoms with E-state index in [0.717, 1.165) is 44.1 Å². The number of carbonyl (C=O) groups excluding carboxylic acids is 2. The smallest absolute Gasteiger partial charge is 0.336 e. The maximum atomic E-state index is 14.4. The van der Waals surface area contributed by atoms with Crippen LogP contribution in [0.1, 0.15) is 105 Å². The van der Waals surface area contributed by atoms with Crippen LogP contribution in [0.4, 0.5) is 0 Å². The van der Waals surface area contributed by atoms with Gasteiger partial charge in [0.2, 0.25) is 0 Å². The first-order valence-corrected chi connectivity index (χ1v) is 18.8. The second kappa shape index (κ2) is 13.2. The standard InChI is InChI=1S/C39H55NO12/c1-21-11-12-26-35(2,3)13-8-15-37(26,6)24(21)20-50-29(22(32(46)47)18-28(43)44)33(48)51-25-19-23-31(45)40(17-7-10-27(41)42)34(49)39(23)38(52-39)16-9-14-36(4,5)30(25)38/h19,22,24-26,29-30,34,49H,1,7-18,20H2,2-6H3,(H,41,42)(H,43,44)(H,46,47). The fourth-order valence-corrected chi connectivity index (χ4v) is 11.6. The molecule has 2 saturated heterocycles. The number of rotatable bonds is 13. The Morgan fingerprint density at radius 2 is 1.67 bits per heavy atom. The number of carboxylic acids is 3. The quantitative estimate of drug-likeness (QED) is 0.117. The van der Waals surface area contributed by atoms with E-state index in [2.05, 4.69) is 27.4 Å². The molecule has 6 aliphatic rings. The van der Waals surface area contributed by atoms with Gasteiger partial charge in [0.25, 0.3) is 5.91 Å². The van der Waals surface area contributed by atoms with Crippen LogP contribution >= 0.6 is 0 Å². The van der Waals surface area contributed by atoms with Gasteiger partial charge < -0.3 is 39.5 Å². The third-order valence-corrected chi connectivity index (χ3v) is 14.0. The summed E-state index contributed by atoms with van der Waals surface area (Å²) < 4.78 is 19.0. The monoisotopic (exact) mass is 729 g/mol. The number of epoxide rings is 1. The number of hydrogen-bond donors (Lipinski definition) is 4. The number of aliphatic carboxylic acids is 3. The fraction of sp³-hybridized carbons (Fsp3) is 0.769. The molecule has 5 fully saturated rings. The number of fused-ring (bicyclic) bond motifs is 1. The Labute approximate surface area is 304 Å². The summed E-state index contributed by atoms with van der Waals surface area (Å²) in [5.74, 6) is -7.68. The Hall–Kier alpha value is -3.29. The molecular weight excluding hydrogens is 674 g/mol. The molecule has 6 rings (SSSR count). The van der Waals surface area contributed by atoms with Crippen LogP contribution in [-0.2, 0) is 38.2 Å². The number of nitrogens with zero attached hydrogens (tertiary/aromatic N) is 1. The number of ether oxygens (including phenoxy) is 3. The molecule has 1 amide bonds. The number of likely N-dealkylation sites (tertiary alicyclic amines) is 1. The molecule has 0 aromatic heterocycles. The van der Waals surface area contributed by atoms with Crippen LogP contribution in [0, 0.1) is 39.9 Å². The molecule has 13 heteroatoms. The zero-order chi connectivity index (χ0) is 38.2. The molecule has 13 nitrogen and oxygen atoms in total. The first-order valence-electron chi connectivity index (χ1n) is 18.8. The average Bonchev–Trinajstić information content (AvgIpc) is 3.65. The summed E-state index contributed by atoms with van der Waals surface area (Å²) in [5, 5.41) is 40.7. The first kappa shape index (κ1) is 38.4. The lowest BCUT2D eigenvalue weighted by Gasteiger charge is -2.58. The predicted molar refractivity (Wildman–Crippen MR) is 184 cm³/mol. The van der Waals surface area contributed by atoms with Crippen LogP contribution in [0.5, 0.6) is 0 Å². The summed E-state index contributed by atoms with van der Waals surface area (Å²) in [7, 11) is 0. The summed E-state index contributed by atoms with van der Waals surface area (Å²) >= 11 is 0. The van der Waals surface area contributed by atoms with Crippen LogP contribution in [0.15, 0.2) is 23.8 Å². The molecular formula is C39H55NO12. The highest BCUT2D eigenvalue weighted by Gasteiger charge is 2.86. The van der Waals surface area contributed by atoms with Crippen LogP contribution in [0.25, 0.3) is 0 Å². The molecule has 10 unspecified atom stereocenters. The van der Waals surface area contributed by atoms with E-state index in [1.165, 1.54) is 11.0 Å². The summed E-state index contributed by atoms with van der Waals surface area (Å²) in [6.45, 7) is 15.1. The molecule has 4 aliphatic carbocycles. The number of carbonyl (C=O) groups is 5. The second-order valence-electron chi connectivity index (χ2n) is 17.8. The zero-order valence-corrected chi connectivity index (χ0v) is 31.0. The minimum Gasteiger partial charge on any atom is -0.481 e. The zero-order valence-electron chi connectivity index (χ0n) is 31.0. The maximum Gasteiger partial charge on any atom is 0.336 e. The lowest BCUT2D eigenvalue weighted by atomic mass is 9.48. The van der Waals surface area contributed by atoms with E-state index in [-0.39, 0.29) is 48.3 Å². The van der Waals surface area contributed by atoms with Crippen molar-refractivity contribution >= 4 is 29.8 Å². The lowest BCUT2D eigenvalue weighted by molar-refractivity contribution is -0.182. The van der Waals surface area contributed by atoms with Crippen molar-refractivity contribution in [1.29, 1.82) is 0 Å². The first-order chi connectivity index (χ1) is 24.2. The Morgan fingerprint density at radius 3 is 2.33 bits per heavy atom. The predicted octanol–water partition coefficient (Wildman–Crippen LogP) is 4.56. The molecule has 52 heavy (non-hydrogen) atoms. The van der Waals surface area contributed by atoms with Gasteiger partial charge in [-0.05, 0) is 79.6 Å². The molecule has 0 aromatic rings. The van der Waals surface area contributed by atoms with Gasteiger partial charge in [0.15, 0.2) is 17.9 Å². The summed E-state index contributed by atoms with van der Waals surface area (Å²) in [6.07, 6.45) is 2.99. The van der Waals surface area contributed by atoms with Crippen molar-refractivity contribution < 1.29 is 58.6 Å². The van der Waals surface area contributed by atoms with Crippen molar-refractivity contribution in [1.82, 2.24) is 4.90 Å².